The average Bonchev–Trinajstić information content (AvgIpc) is 2.26. The lowest BCUT2D eigenvalue weighted by atomic mass is 10.0. The van der Waals surface area contributed by atoms with Crippen LogP contribution in [0.4, 0.5) is 0 Å². The second-order valence-corrected chi connectivity index (χ2v) is 4.15. The van der Waals surface area contributed by atoms with Crippen LogP contribution in [-0.4, -0.2) is 11.9 Å². The molecule has 0 radical (unpaired) electrons. The second kappa shape index (κ2) is 6.68. The summed E-state index contributed by atoms with van der Waals surface area (Å²) in [4.78, 5) is 21.8. The van der Waals surface area contributed by atoms with Crippen molar-refractivity contribution in [2.24, 2.45) is 5.92 Å². The van der Waals surface area contributed by atoms with E-state index in [0.29, 0.717) is 6.54 Å². The van der Waals surface area contributed by atoms with Gasteiger partial charge in [0.2, 0.25) is 5.91 Å². The van der Waals surface area contributed by atoms with Gasteiger partial charge in [0.15, 0.2) is 0 Å². The summed E-state index contributed by atoms with van der Waals surface area (Å²) in [5, 5.41) is 13.1. The zero-order valence-corrected chi connectivity index (χ0v) is 9.81. The minimum Gasteiger partial charge on any atom is -0.550 e. The summed E-state index contributed by atoms with van der Waals surface area (Å²) in [6.07, 6.45) is 0.125. The summed E-state index contributed by atoms with van der Waals surface area (Å²) in [7, 11) is 0. The Morgan fingerprint density at radius 2 is 1.88 bits per heavy atom. The molecule has 1 amide bonds. The largest absolute Gasteiger partial charge is 0.550 e. The number of carbonyl (C=O) groups excluding carboxylic acids is 2. The number of hydrogen-bond acceptors (Lipinski definition) is 3. The molecule has 0 spiro atoms. The van der Waals surface area contributed by atoms with Crippen LogP contribution in [0.3, 0.4) is 0 Å². The van der Waals surface area contributed by atoms with Gasteiger partial charge in [0.25, 0.3) is 0 Å². The molecule has 4 nitrogen and oxygen atoms in total. The molecule has 92 valence electrons. The van der Waals surface area contributed by atoms with Crippen LogP contribution in [-0.2, 0) is 16.1 Å². The summed E-state index contributed by atoms with van der Waals surface area (Å²) < 4.78 is 0. The number of benzene rings is 1. The molecule has 0 fully saturated rings. The normalized spacial score (nSPS) is 11.8. The number of carboxylic acids is 1. The molecule has 1 atom stereocenters. The SMILES string of the molecule is C[C@H](CC(=O)[O-])CC(=O)NCc1ccccc1. The maximum Gasteiger partial charge on any atom is 0.220 e. The average molecular weight is 234 g/mol. The van der Waals surface area contributed by atoms with Crippen molar-refractivity contribution in [1.82, 2.24) is 5.32 Å². The molecule has 1 rings (SSSR count). The molecular weight excluding hydrogens is 218 g/mol. The van der Waals surface area contributed by atoms with Crippen molar-refractivity contribution < 1.29 is 14.7 Å². The number of amides is 1. The number of aliphatic carboxylic acids is 1. The Morgan fingerprint density at radius 3 is 2.47 bits per heavy atom. The molecule has 4 heteroatoms. The molecule has 0 unspecified atom stereocenters. The molecule has 0 aliphatic heterocycles. The van der Waals surface area contributed by atoms with Crippen LogP contribution in [0.15, 0.2) is 30.3 Å². The van der Waals surface area contributed by atoms with Gasteiger partial charge in [0, 0.05) is 18.9 Å². The van der Waals surface area contributed by atoms with E-state index in [1.54, 1.807) is 6.92 Å². The molecule has 0 aliphatic carbocycles. The summed E-state index contributed by atoms with van der Waals surface area (Å²) in [6, 6.07) is 9.56. The van der Waals surface area contributed by atoms with E-state index in [1.165, 1.54) is 0 Å². The van der Waals surface area contributed by atoms with E-state index in [0.717, 1.165) is 5.56 Å². The van der Waals surface area contributed by atoms with Crippen molar-refractivity contribution in [2.45, 2.75) is 26.3 Å². The van der Waals surface area contributed by atoms with Crippen LogP contribution in [0.25, 0.3) is 0 Å². The zero-order chi connectivity index (χ0) is 12.7. The van der Waals surface area contributed by atoms with Crippen LogP contribution in [0.1, 0.15) is 25.3 Å². The molecule has 1 aromatic carbocycles. The second-order valence-electron chi connectivity index (χ2n) is 4.15. The number of carbonyl (C=O) groups is 2. The van der Waals surface area contributed by atoms with Gasteiger partial charge in [0.05, 0.1) is 0 Å². The first-order chi connectivity index (χ1) is 8.08. The Labute approximate surface area is 101 Å². The fraction of sp³-hybridized carbons (Fsp3) is 0.385. The van der Waals surface area contributed by atoms with Crippen LogP contribution in [0, 0.1) is 5.92 Å². The fourth-order valence-corrected chi connectivity index (χ4v) is 1.54. The summed E-state index contributed by atoms with van der Waals surface area (Å²) in [5.74, 6) is -1.45. The van der Waals surface area contributed by atoms with Crippen molar-refractivity contribution >= 4 is 11.9 Å². The van der Waals surface area contributed by atoms with E-state index < -0.39 is 5.97 Å². The molecule has 0 bridgehead atoms. The van der Waals surface area contributed by atoms with E-state index in [4.69, 9.17) is 0 Å². The van der Waals surface area contributed by atoms with Gasteiger partial charge in [-0.3, -0.25) is 4.79 Å². The summed E-state index contributed by atoms with van der Waals surface area (Å²) in [5.41, 5.74) is 1.02. The highest BCUT2D eigenvalue weighted by molar-refractivity contribution is 5.76. The third kappa shape index (κ3) is 5.70. The van der Waals surface area contributed by atoms with E-state index >= 15 is 0 Å². The van der Waals surface area contributed by atoms with Gasteiger partial charge in [-0.25, -0.2) is 0 Å². The van der Waals surface area contributed by atoms with Crippen molar-refractivity contribution in [3.8, 4) is 0 Å². The fourth-order valence-electron chi connectivity index (χ4n) is 1.54. The Balaban J connectivity index is 2.28. The summed E-state index contributed by atoms with van der Waals surface area (Å²) >= 11 is 0. The van der Waals surface area contributed by atoms with Crippen LogP contribution < -0.4 is 10.4 Å². The van der Waals surface area contributed by atoms with Gasteiger partial charge in [-0.15, -0.1) is 0 Å². The molecule has 1 N–H and O–H groups in total. The number of rotatable bonds is 6. The molecule has 17 heavy (non-hydrogen) atoms. The highest BCUT2D eigenvalue weighted by Gasteiger charge is 2.08. The highest BCUT2D eigenvalue weighted by atomic mass is 16.4. The number of carboxylic acid groups (broad SMARTS) is 1. The monoisotopic (exact) mass is 234 g/mol. The maximum absolute atomic E-state index is 11.5. The van der Waals surface area contributed by atoms with E-state index in [9.17, 15) is 14.7 Å². The van der Waals surface area contributed by atoms with E-state index in [2.05, 4.69) is 5.32 Å². The molecule has 0 aliphatic rings. The predicted molar refractivity (Wildman–Crippen MR) is 61.7 cm³/mol. The minimum atomic E-state index is -1.12. The Morgan fingerprint density at radius 1 is 1.24 bits per heavy atom. The lowest BCUT2D eigenvalue weighted by molar-refractivity contribution is -0.306. The quantitative estimate of drug-likeness (QED) is 0.777. The summed E-state index contributed by atoms with van der Waals surface area (Å²) in [6.45, 7) is 2.19. The van der Waals surface area contributed by atoms with Crippen LogP contribution in [0.2, 0.25) is 0 Å². The first-order valence-corrected chi connectivity index (χ1v) is 5.58. The lowest BCUT2D eigenvalue weighted by Gasteiger charge is -2.11. The standard InChI is InChI=1S/C13H17NO3/c1-10(8-13(16)17)7-12(15)14-9-11-5-3-2-4-6-11/h2-6,10H,7-9H2,1H3,(H,14,15)(H,16,17)/p-1/t10-/m0/s1. The van der Waals surface area contributed by atoms with Crippen LogP contribution >= 0.6 is 0 Å². The highest BCUT2D eigenvalue weighted by Crippen LogP contribution is 2.06. The Bertz CT molecular complexity index is 376. The minimum absolute atomic E-state index is 0.0846. The maximum atomic E-state index is 11.5. The van der Waals surface area contributed by atoms with Crippen molar-refractivity contribution in [3.63, 3.8) is 0 Å². The molecule has 0 saturated carbocycles. The molecular formula is C13H16NO3-. The zero-order valence-electron chi connectivity index (χ0n) is 9.81. The van der Waals surface area contributed by atoms with Crippen molar-refractivity contribution in [2.75, 3.05) is 0 Å². The first kappa shape index (κ1) is 13.2. The van der Waals surface area contributed by atoms with Crippen molar-refractivity contribution in [3.05, 3.63) is 35.9 Å². The molecule has 0 saturated heterocycles. The smallest absolute Gasteiger partial charge is 0.220 e. The number of nitrogens with one attached hydrogen (secondary N) is 1. The van der Waals surface area contributed by atoms with Crippen LogP contribution in [0.5, 0.6) is 0 Å². The third-order valence-corrected chi connectivity index (χ3v) is 2.38. The van der Waals surface area contributed by atoms with Crippen molar-refractivity contribution in [1.29, 1.82) is 0 Å². The topological polar surface area (TPSA) is 69.2 Å². The first-order valence-electron chi connectivity index (χ1n) is 5.58. The Hall–Kier alpha value is -1.84. The Kier molecular flexibility index (Phi) is 5.20. The van der Waals surface area contributed by atoms with Gasteiger partial charge in [-0.1, -0.05) is 37.3 Å². The molecule has 0 heterocycles. The van der Waals surface area contributed by atoms with Gasteiger partial charge < -0.3 is 15.2 Å². The predicted octanol–water partition coefficient (Wildman–Crippen LogP) is 0.469. The molecule has 0 aromatic heterocycles. The van der Waals surface area contributed by atoms with E-state index in [-0.39, 0.29) is 24.7 Å². The number of hydrogen-bond donors (Lipinski definition) is 1. The van der Waals surface area contributed by atoms with E-state index in [1.807, 2.05) is 30.3 Å². The van der Waals surface area contributed by atoms with Gasteiger partial charge in [-0.05, 0) is 17.9 Å². The lowest BCUT2D eigenvalue weighted by Crippen LogP contribution is -2.28. The third-order valence-electron chi connectivity index (χ3n) is 2.38. The van der Waals surface area contributed by atoms with Gasteiger partial charge >= 0.3 is 0 Å². The molecule has 1 aromatic rings. The van der Waals surface area contributed by atoms with Gasteiger partial charge in [-0.2, -0.15) is 0 Å². The van der Waals surface area contributed by atoms with Gasteiger partial charge in [0.1, 0.15) is 0 Å².